The van der Waals surface area contributed by atoms with Crippen molar-refractivity contribution in [3.05, 3.63) is 35.4 Å². The minimum atomic E-state index is -0.0205. The normalized spacial score (nSPS) is 14.1. The predicted molar refractivity (Wildman–Crippen MR) is 70.6 cm³/mol. The molecule has 3 nitrogen and oxygen atoms in total. The Labute approximate surface area is 103 Å². The van der Waals surface area contributed by atoms with Crippen LogP contribution in [0, 0.1) is 12.8 Å². The molecule has 3 heteroatoms. The van der Waals surface area contributed by atoms with Crippen molar-refractivity contribution < 1.29 is 4.79 Å². The molecule has 0 aliphatic heterocycles. The molecule has 1 rings (SSSR count). The molecule has 0 aromatic heterocycles. The van der Waals surface area contributed by atoms with Crippen molar-refractivity contribution in [2.75, 3.05) is 6.54 Å². The first-order valence-electron chi connectivity index (χ1n) is 6.11. The maximum absolute atomic E-state index is 11.8. The highest BCUT2D eigenvalue weighted by molar-refractivity contribution is 5.78. The van der Waals surface area contributed by atoms with Crippen LogP contribution >= 0.6 is 0 Å². The lowest BCUT2D eigenvalue weighted by atomic mass is 10.0. The fraction of sp³-hybridized carbons (Fsp3) is 0.500. The van der Waals surface area contributed by atoms with Gasteiger partial charge in [-0.15, -0.1) is 0 Å². The van der Waals surface area contributed by atoms with Gasteiger partial charge in [0.15, 0.2) is 0 Å². The molecule has 2 unspecified atom stereocenters. The lowest BCUT2D eigenvalue weighted by molar-refractivity contribution is -0.125. The summed E-state index contributed by atoms with van der Waals surface area (Å²) < 4.78 is 0. The first-order chi connectivity index (χ1) is 8.04. The molecule has 3 N–H and O–H groups in total. The summed E-state index contributed by atoms with van der Waals surface area (Å²) in [6, 6.07) is 8.26. The number of hydrogen-bond donors (Lipinski definition) is 2. The Morgan fingerprint density at radius 2 is 1.88 bits per heavy atom. The quantitative estimate of drug-likeness (QED) is 0.820. The molecule has 1 amide bonds. The molecule has 0 heterocycles. The average Bonchev–Trinajstić information content (AvgIpc) is 2.30. The fourth-order valence-corrected chi connectivity index (χ4v) is 1.68. The minimum Gasteiger partial charge on any atom is -0.349 e. The summed E-state index contributed by atoms with van der Waals surface area (Å²) in [6.45, 7) is 6.51. The van der Waals surface area contributed by atoms with Crippen LogP contribution in [0.2, 0.25) is 0 Å². The van der Waals surface area contributed by atoms with Gasteiger partial charge in [-0.2, -0.15) is 0 Å². The molecule has 1 aromatic carbocycles. The van der Waals surface area contributed by atoms with Gasteiger partial charge < -0.3 is 11.1 Å². The summed E-state index contributed by atoms with van der Waals surface area (Å²) in [6.07, 6.45) is 0.729. The zero-order valence-electron chi connectivity index (χ0n) is 10.9. The Hall–Kier alpha value is -1.35. The van der Waals surface area contributed by atoms with Crippen LogP contribution in [0.15, 0.2) is 24.3 Å². The summed E-state index contributed by atoms with van der Waals surface area (Å²) in [7, 11) is 0. The second kappa shape index (κ2) is 6.40. The molecule has 0 saturated heterocycles. The van der Waals surface area contributed by atoms with E-state index < -0.39 is 0 Å². The molecule has 0 fully saturated rings. The zero-order chi connectivity index (χ0) is 12.8. The lowest BCUT2D eigenvalue weighted by Gasteiger charge is -2.17. The van der Waals surface area contributed by atoms with Gasteiger partial charge in [-0.3, -0.25) is 4.79 Å². The number of carbonyl (C=O) groups excluding carboxylic acids is 1. The third-order valence-corrected chi connectivity index (χ3v) is 2.98. The van der Waals surface area contributed by atoms with E-state index >= 15 is 0 Å². The van der Waals surface area contributed by atoms with Crippen LogP contribution in [0.25, 0.3) is 0 Å². The smallest absolute Gasteiger partial charge is 0.223 e. The van der Waals surface area contributed by atoms with Crippen LogP contribution in [0.1, 0.15) is 37.4 Å². The Morgan fingerprint density at radius 3 is 2.41 bits per heavy atom. The van der Waals surface area contributed by atoms with E-state index in [0.29, 0.717) is 6.54 Å². The minimum absolute atomic E-state index is 0.0205. The van der Waals surface area contributed by atoms with Crippen molar-refractivity contribution in [1.82, 2.24) is 5.32 Å². The van der Waals surface area contributed by atoms with Gasteiger partial charge in [-0.1, -0.05) is 36.8 Å². The number of rotatable bonds is 5. The van der Waals surface area contributed by atoms with E-state index in [1.807, 2.05) is 26.0 Å². The van der Waals surface area contributed by atoms with Gasteiger partial charge in [0, 0.05) is 5.92 Å². The van der Waals surface area contributed by atoms with Gasteiger partial charge in [0.2, 0.25) is 5.91 Å². The van der Waals surface area contributed by atoms with E-state index in [-0.39, 0.29) is 17.9 Å². The largest absolute Gasteiger partial charge is 0.349 e. The molecule has 0 radical (unpaired) electrons. The Bertz CT molecular complexity index is 359. The number of nitrogens with two attached hydrogens (primary N) is 1. The molecule has 0 aliphatic rings. The van der Waals surface area contributed by atoms with Crippen LogP contribution in [0.3, 0.4) is 0 Å². The second-order valence-corrected chi connectivity index (χ2v) is 4.62. The number of aryl methyl sites for hydroxylation is 1. The number of amides is 1. The van der Waals surface area contributed by atoms with Gasteiger partial charge >= 0.3 is 0 Å². The first-order valence-corrected chi connectivity index (χ1v) is 6.11. The van der Waals surface area contributed by atoms with Crippen molar-refractivity contribution in [3.63, 3.8) is 0 Å². The molecule has 17 heavy (non-hydrogen) atoms. The fourth-order valence-electron chi connectivity index (χ4n) is 1.68. The van der Waals surface area contributed by atoms with Crippen LogP contribution in [-0.4, -0.2) is 12.5 Å². The average molecular weight is 234 g/mol. The molecule has 1 aromatic rings. The summed E-state index contributed by atoms with van der Waals surface area (Å²) in [5, 5.41) is 3.01. The molecule has 0 bridgehead atoms. The lowest BCUT2D eigenvalue weighted by Crippen LogP contribution is -2.32. The summed E-state index contributed by atoms with van der Waals surface area (Å²) in [4.78, 5) is 11.8. The van der Waals surface area contributed by atoms with Crippen LogP contribution in [-0.2, 0) is 4.79 Å². The number of carbonyl (C=O) groups is 1. The highest BCUT2D eigenvalue weighted by Gasteiger charge is 2.15. The van der Waals surface area contributed by atoms with Gasteiger partial charge in [-0.25, -0.2) is 0 Å². The van der Waals surface area contributed by atoms with Crippen molar-refractivity contribution in [3.8, 4) is 0 Å². The molecule has 2 atom stereocenters. The van der Waals surface area contributed by atoms with E-state index in [1.54, 1.807) is 0 Å². The molecule has 0 saturated carbocycles. The zero-order valence-corrected chi connectivity index (χ0v) is 10.9. The Balaban J connectivity index is 2.57. The van der Waals surface area contributed by atoms with E-state index in [2.05, 4.69) is 24.4 Å². The van der Waals surface area contributed by atoms with E-state index in [0.717, 1.165) is 12.0 Å². The highest BCUT2D eigenvalue weighted by atomic mass is 16.1. The summed E-state index contributed by atoms with van der Waals surface area (Å²) in [5.41, 5.74) is 7.80. The third-order valence-electron chi connectivity index (χ3n) is 2.98. The molecular formula is C14H22N2O. The Kier molecular flexibility index (Phi) is 5.16. The number of nitrogens with one attached hydrogen (secondary N) is 1. The SMILES string of the molecule is Cc1ccc(C(C)NC(=O)C(C)CCN)cc1. The predicted octanol–water partition coefficient (Wildman–Crippen LogP) is 2.16. The van der Waals surface area contributed by atoms with Gasteiger partial charge in [0.25, 0.3) is 0 Å². The first kappa shape index (κ1) is 13.7. The third kappa shape index (κ3) is 4.19. The molecular weight excluding hydrogens is 212 g/mol. The van der Waals surface area contributed by atoms with Crippen molar-refractivity contribution in [2.45, 2.75) is 33.2 Å². The summed E-state index contributed by atoms with van der Waals surface area (Å²) in [5.74, 6) is 0.0522. The molecule has 0 aliphatic carbocycles. The number of benzene rings is 1. The van der Waals surface area contributed by atoms with Gasteiger partial charge in [0.1, 0.15) is 0 Å². The van der Waals surface area contributed by atoms with E-state index in [4.69, 9.17) is 5.73 Å². The Morgan fingerprint density at radius 1 is 1.29 bits per heavy atom. The van der Waals surface area contributed by atoms with Crippen molar-refractivity contribution in [1.29, 1.82) is 0 Å². The van der Waals surface area contributed by atoms with E-state index in [9.17, 15) is 4.79 Å². The van der Waals surface area contributed by atoms with Crippen LogP contribution in [0.5, 0.6) is 0 Å². The van der Waals surface area contributed by atoms with Gasteiger partial charge in [-0.05, 0) is 32.4 Å². The molecule has 0 spiro atoms. The standard InChI is InChI=1S/C14H22N2O/c1-10-4-6-13(7-5-10)12(3)16-14(17)11(2)8-9-15/h4-7,11-12H,8-9,15H2,1-3H3,(H,16,17). The van der Waals surface area contributed by atoms with Gasteiger partial charge in [0.05, 0.1) is 6.04 Å². The highest BCUT2D eigenvalue weighted by Crippen LogP contribution is 2.14. The number of hydrogen-bond acceptors (Lipinski definition) is 2. The topological polar surface area (TPSA) is 55.1 Å². The van der Waals surface area contributed by atoms with Crippen molar-refractivity contribution >= 4 is 5.91 Å². The van der Waals surface area contributed by atoms with Crippen LogP contribution in [0.4, 0.5) is 0 Å². The second-order valence-electron chi connectivity index (χ2n) is 4.62. The van der Waals surface area contributed by atoms with Crippen molar-refractivity contribution in [2.24, 2.45) is 11.7 Å². The maximum atomic E-state index is 11.8. The molecule has 94 valence electrons. The van der Waals surface area contributed by atoms with Crippen LogP contribution < -0.4 is 11.1 Å². The van der Waals surface area contributed by atoms with E-state index in [1.165, 1.54) is 5.56 Å². The maximum Gasteiger partial charge on any atom is 0.223 e. The summed E-state index contributed by atoms with van der Waals surface area (Å²) >= 11 is 0. The monoisotopic (exact) mass is 234 g/mol.